The number of carbonyl (C=O) groups is 1. The van der Waals surface area contributed by atoms with E-state index in [0.29, 0.717) is 0 Å². The highest BCUT2D eigenvalue weighted by atomic mass is 79.9. The van der Waals surface area contributed by atoms with Crippen molar-refractivity contribution < 1.29 is 27.4 Å². The van der Waals surface area contributed by atoms with Crippen molar-refractivity contribution in [1.82, 2.24) is 4.98 Å². The van der Waals surface area contributed by atoms with Crippen molar-refractivity contribution in [2.24, 2.45) is 0 Å². The Morgan fingerprint density at radius 1 is 1.47 bits per heavy atom. The van der Waals surface area contributed by atoms with E-state index in [2.05, 4.69) is 30.4 Å². The monoisotopic (exact) mass is 313 g/mol. The molecular weight excluding hydrogens is 307 g/mol. The Morgan fingerprint density at radius 3 is 2.65 bits per heavy atom. The van der Waals surface area contributed by atoms with Crippen LogP contribution in [0.4, 0.5) is 13.2 Å². The van der Waals surface area contributed by atoms with Crippen LogP contribution in [0.15, 0.2) is 16.7 Å². The summed E-state index contributed by atoms with van der Waals surface area (Å²) in [5, 5.41) is 0. The molecule has 4 nitrogen and oxygen atoms in total. The van der Waals surface area contributed by atoms with Crippen molar-refractivity contribution in [1.29, 1.82) is 0 Å². The summed E-state index contributed by atoms with van der Waals surface area (Å²) in [4.78, 5) is 14.9. The molecule has 1 heterocycles. The third kappa shape index (κ3) is 4.22. The van der Waals surface area contributed by atoms with Crippen LogP contribution in [0.2, 0.25) is 0 Å². The van der Waals surface area contributed by atoms with E-state index in [1.807, 2.05) is 0 Å². The molecule has 0 spiro atoms. The van der Waals surface area contributed by atoms with Gasteiger partial charge in [0, 0.05) is 0 Å². The highest BCUT2D eigenvalue weighted by Crippen LogP contribution is 2.23. The second-order valence-corrected chi connectivity index (χ2v) is 3.69. The Labute approximate surface area is 103 Å². The van der Waals surface area contributed by atoms with Crippen LogP contribution in [0.3, 0.4) is 0 Å². The molecule has 94 valence electrons. The van der Waals surface area contributed by atoms with Crippen molar-refractivity contribution in [3.05, 3.63) is 22.4 Å². The first-order valence-electron chi connectivity index (χ1n) is 4.28. The molecule has 0 amide bonds. The Bertz CT molecular complexity index is 422. The van der Waals surface area contributed by atoms with Gasteiger partial charge in [-0.1, -0.05) is 0 Å². The minimum Gasteiger partial charge on any atom is -0.482 e. The molecule has 1 rings (SSSR count). The van der Waals surface area contributed by atoms with E-state index >= 15 is 0 Å². The average molecular weight is 314 g/mol. The molecule has 0 aromatic carbocycles. The van der Waals surface area contributed by atoms with E-state index in [-0.39, 0.29) is 16.0 Å². The lowest BCUT2D eigenvalue weighted by Crippen LogP contribution is -2.20. The minimum absolute atomic E-state index is 0.280. The molecule has 1 aromatic heterocycles. The summed E-state index contributed by atoms with van der Waals surface area (Å²) in [7, 11) is 1.10. The summed E-state index contributed by atoms with van der Waals surface area (Å²) in [6.45, 7) is -1.50. The van der Waals surface area contributed by atoms with Crippen LogP contribution < -0.4 is 4.74 Å². The Hall–Kier alpha value is -1.31. The Kier molecular flexibility index (Phi) is 4.33. The van der Waals surface area contributed by atoms with E-state index in [4.69, 9.17) is 0 Å². The second kappa shape index (κ2) is 5.35. The number of ether oxygens (including phenoxy) is 2. The van der Waals surface area contributed by atoms with Gasteiger partial charge in [-0.05, 0) is 28.1 Å². The maximum atomic E-state index is 12.0. The fourth-order valence-corrected chi connectivity index (χ4v) is 1.25. The summed E-state index contributed by atoms with van der Waals surface area (Å²) in [5.74, 6) is -1.15. The first kappa shape index (κ1) is 13.8. The molecule has 0 saturated heterocycles. The molecule has 0 fully saturated rings. The van der Waals surface area contributed by atoms with Gasteiger partial charge in [-0.25, -0.2) is 9.78 Å². The van der Waals surface area contributed by atoms with Crippen LogP contribution in [-0.2, 0) is 4.74 Å². The number of aromatic nitrogens is 1. The van der Waals surface area contributed by atoms with Crippen LogP contribution in [0, 0.1) is 0 Å². The zero-order valence-electron chi connectivity index (χ0n) is 8.55. The molecule has 0 N–H and O–H groups in total. The highest BCUT2D eigenvalue weighted by Gasteiger charge is 2.29. The number of alkyl halides is 3. The van der Waals surface area contributed by atoms with Gasteiger partial charge in [0.2, 0.25) is 0 Å². The summed E-state index contributed by atoms with van der Waals surface area (Å²) in [6.07, 6.45) is -4.49. The van der Waals surface area contributed by atoms with Crippen LogP contribution in [0.25, 0.3) is 0 Å². The fourth-order valence-electron chi connectivity index (χ4n) is 0.942. The fraction of sp³-hybridized carbons (Fsp3) is 0.333. The predicted molar refractivity (Wildman–Crippen MR) is 54.8 cm³/mol. The Morgan fingerprint density at radius 2 is 2.12 bits per heavy atom. The standard InChI is InChI=1S/C9H7BrF3NO3/c1-16-8(15)7-5(2-3-6(10)14-7)17-4-9(11,12)13/h2-3H,4H2,1H3. The summed E-state index contributed by atoms with van der Waals surface area (Å²) in [5.41, 5.74) is -0.314. The van der Waals surface area contributed by atoms with Gasteiger partial charge < -0.3 is 9.47 Å². The lowest BCUT2D eigenvalue weighted by molar-refractivity contribution is -0.153. The van der Waals surface area contributed by atoms with Gasteiger partial charge in [0.15, 0.2) is 18.1 Å². The third-order valence-electron chi connectivity index (χ3n) is 1.59. The molecule has 0 radical (unpaired) electrons. The largest absolute Gasteiger partial charge is 0.482 e. The number of hydrogen-bond acceptors (Lipinski definition) is 4. The first-order chi connectivity index (χ1) is 7.83. The topological polar surface area (TPSA) is 48.4 Å². The SMILES string of the molecule is COC(=O)c1nc(Br)ccc1OCC(F)(F)F. The van der Waals surface area contributed by atoms with E-state index < -0.39 is 18.8 Å². The molecule has 0 aliphatic rings. The smallest absolute Gasteiger partial charge is 0.422 e. The molecule has 0 bridgehead atoms. The van der Waals surface area contributed by atoms with Gasteiger partial charge in [-0.15, -0.1) is 0 Å². The van der Waals surface area contributed by atoms with Gasteiger partial charge in [-0.2, -0.15) is 13.2 Å². The van der Waals surface area contributed by atoms with E-state index in [1.54, 1.807) is 0 Å². The van der Waals surface area contributed by atoms with Gasteiger partial charge in [0.05, 0.1) is 7.11 Å². The highest BCUT2D eigenvalue weighted by molar-refractivity contribution is 9.10. The summed E-state index contributed by atoms with van der Waals surface area (Å²) in [6, 6.07) is 2.56. The maximum absolute atomic E-state index is 12.0. The van der Waals surface area contributed by atoms with Crippen molar-refractivity contribution >= 4 is 21.9 Å². The van der Waals surface area contributed by atoms with Crippen LogP contribution in [0.1, 0.15) is 10.5 Å². The molecular formula is C9H7BrF3NO3. The molecule has 8 heteroatoms. The van der Waals surface area contributed by atoms with Crippen LogP contribution in [-0.4, -0.2) is 30.8 Å². The Balaban J connectivity index is 2.94. The number of hydrogen-bond donors (Lipinski definition) is 0. The third-order valence-corrected chi connectivity index (χ3v) is 2.04. The quantitative estimate of drug-likeness (QED) is 0.635. The van der Waals surface area contributed by atoms with Crippen molar-refractivity contribution in [3.63, 3.8) is 0 Å². The van der Waals surface area contributed by atoms with E-state index in [1.165, 1.54) is 12.1 Å². The molecule has 0 atom stereocenters. The second-order valence-electron chi connectivity index (χ2n) is 2.88. The van der Waals surface area contributed by atoms with Crippen molar-refractivity contribution in [2.75, 3.05) is 13.7 Å². The molecule has 17 heavy (non-hydrogen) atoms. The summed E-state index contributed by atoms with van der Waals surface area (Å²) < 4.78 is 45.0. The van der Waals surface area contributed by atoms with Gasteiger partial charge >= 0.3 is 12.1 Å². The normalized spacial score (nSPS) is 11.1. The van der Waals surface area contributed by atoms with Crippen LogP contribution >= 0.6 is 15.9 Å². The van der Waals surface area contributed by atoms with Gasteiger partial charge in [-0.3, -0.25) is 0 Å². The molecule has 0 aliphatic heterocycles. The predicted octanol–water partition coefficient (Wildman–Crippen LogP) is 2.57. The zero-order valence-corrected chi connectivity index (χ0v) is 10.1. The minimum atomic E-state index is -4.49. The number of esters is 1. The molecule has 0 aliphatic carbocycles. The van der Waals surface area contributed by atoms with Crippen molar-refractivity contribution in [2.45, 2.75) is 6.18 Å². The van der Waals surface area contributed by atoms with Crippen LogP contribution in [0.5, 0.6) is 5.75 Å². The van der Waals surface area contributed by atoms with Crippen molar-refractivity contribution in [3.8, 4) is 5.75 Å². The van der Waals surface area contributed by atoms with Gasteiger partial charge in [0.1, 0.15) is 4.60 Å². The van der Waals surface area contributed by atoms with E-state index in [0.717, 1.165) is 7.11 Å². The first-order valence-corrected chi connectivity index (χ1v) is 5.07. The number of methoxy groups -OCH3 is 1. The molecule has 0 saturated carbocycles. The maximum Gasteiger partial charge on any atom is 0.422 e. The lowest BCUT2D eigenvalue weighted by Gasteiger charge is -2.11. The molecule has 1 aromatic rings. The zero-order chi connectivity index (χ0) is 13.1. The summed E-state index contributed by atoms with van der Waals surface area (Å²) >= 11 is 2.99. The lowest BCUT2D eigenvalue weighted by atomic mass is 10.3. The number of pyridine rings is 1. The van der Waals surface area contributed by atoms with E-state index in [9.17, 15) is 18.0 Å². The average Bonchev–Trinajstić information content (AvgIpc) is 2.25. The molecule has 0 unspecified atom stereocenters. The number of nitrogens with zero attached hydrogens (tertiary/aromatic N) is 1. The number of rotatable bonds is 3. The number of carbonyl (C=O) groups excluding carboxylic acids is 1. The van der Waals surface area contributed by atoms with Gasteiger partial charge in [0.25, 0.3) is 0 Å². The number of halogens is 4.